The molecule has 3 atom stereocenters. The van der Waals surface area contributed by atoms with Crippen LogP contribution in [0.1, 0.15) is 30.0 Å². The van der Waals surface area contributed by atoms with Crippen LogP contribution < -0.4 is 14.4 Å². The summed E-state index contributed by atoms with van der Waals surface area (Å²) in [6.07, 6.45) is 0.135. The minimum absolute atomic E-state index is 0.00334. The lowest BCUT2D eigenvalue weighted by Crippen LogP contribution is -2.58. The normalized spacial score (nSPS) is 22.0. The molecule has 5 rings (SSSR count). The molecule has 3 heterocycles. The number of benzene rings is 2. The van der Waals surface area contributed by atoms with Crippen LogP contribution in [0, 0.1) is 6.92 Å². The molecule has 3 N–H and O–H groups in total. The first-order valence-corrected chi connectivity index (χ1v) is 15.1. The predicted octanol–water partition coefficient (Wildman–Crippen LogP) is 2.78. The van der Waals surface area contributed by atoms with Crippen molar-refractivity contribution in [3.8, 4) is 5.75 Å². The summed E-state index contributed by atoms with van der Waals surface area (Å²) in [4.78, 5) is 32.7. The number of aromatic nitrogens is 1. The molecule has 2 aliphatic heterocycles. The molecule has 2 aliphatic rings. The number of carbonyl (C=O) groups excluding carboxylic acids is 1. The minimum atomic E-state index is -4.56. The van der Waals surface area contributed by atoms with Gasteiger partial charge in [0.25, 0.3) is 15.9 Å². The number of hydrogen-bond donors (Lipinski definition) is 3. The van der Waals surface area contributed by atoms with Gasteiger partial charge in [-0.1, -0.05) is 35.9 Å². The number of rotatable bonds is 7. The van der Waals surface area contributed by atoms with Crippen LogP contribution in [0.4, 0.5) is 5.69 Å². The van der Waals surface area contributed by atoms with Gasteiger partial charge in [-0.15, -0.1) is 0 Å². The molecule has 0 bridgehead atoms. The van der Waals surface area contributed by atoms with Gasteiger partial charge in [-0.3, -0.25) is 14.5 Å². The van der Waals surface area contributed by atoms with Gasteiger partial charge in [0, 0.05) is 35.3 Å². The number of pyridine rings is 1. The molecule has 0 aliphatic carbocycles. The highest BCUT2D eigenvalue weighted by molar-refractivity contribution is 7.93. The largest absolute Gasteiger partial charge is 0.493 e. The van der Waals surface area contributed by atoms with Crippen LogP contribution >= 0.6 is 11.6 Å². The molecule has 1 aromatic heterocycles. The van der Waals surface area contributed by atoms with Crippen molar-refractivity contribution in [1.82, 2.24) is 15.2 Å². The van der Waals surface area contributed by atoms with Gasteiger partial charge in [-0.2, -0.15) is 12.7 Å². The number of β-amino-alcohol motifs (C(OH)–C–C–N with tert-alkyl or cyclic N) is 1. The Kier molecular flexibility index (Phi) is 9.24. The van der Waals surface area contributed by atoms with Gasteiger partial charge in [0.15, 0.2) is 10.6 Å². The van der Waals surface area contributed by atoms with Crippen molar-refractivity contribution in [2.24, 2.45) is 0 Å². The number of aliphatic hydroxyl groups is 1. The van der Waals surface area contributed by atoms with E-state index in [9.17, 15) is 28.2 Å². The lowest BCUT2D eigenvalue weighted by molar-refractivity contribution is -0.145. The fourth-order valence-corrected chi connectivity index (χ4v) is 7.00. The van der Waals surface area contributed by atoms with Crippen molar-refractivity contribution in [2.45, 2.75) is 43.0 Å². The molecule has 0 spiro atoms. The van der Waals surface area contributed by atoms with Crippen LogP contribution in [-0.4, -0.2) is 79.8 Å². The van der Waals surface area contributed by atoms with Crippen LogP contribution in [0.25, 0.3) is 0 Å². The summed E-state index contributed by atoms with van der Waals surface area (Å²) in [5, 5.41) is 23.4. The quantitative estimate of drug-likeness (QED) is 0.362. The smallest absolute Gasteiger partial charge is 0.321 e. The van der Waals surface area contributed by atoms with Gasteiger partial charge < -0.3 is 20.3 Å². The summed E-state index contributed by atoms with van der Waals surface area (Å²) in [7, 11) is -0.814. The second-order valence-corrected chi connectivity index (χ2v) is 12.1. The number of sulfonamides is 1. The Morgan fingerprint density at radius 2 is 1.86 bits per heavy atom. The fourth-order valence-electron chi connectivity index (χ4n) is 5.44. The van der Waals surface area contributed by atoms with Crippen molar-refractivity contribution in [3.05, 3.63) is 82.5 Å². The molecule has 1 saturated heterocycles. The topological polar surface area (TPSA) is 149 Å². The van der Waals surface area contributed by atoms with Gasteiger partial charge in [0.1, 0.15) is 11.8 Å². The first-order valence-electron chi connectivity index (χ1n) is 13.3. The van der Waals surface area contributed by atoms with E-state index >= 15 is 0 Å². The number of carboxylic acids is 1. The highest BCUT2D eigenvalue weighted by Gasteiger charge is 2.64. The number of carbonyl (C=O) groups is 2. The first kappa shape index (κ1) is 31.4. The van der Waals surface area contributed by atoms with Crippen LogP contribution in [0.15, 0.2) is 65.8 Å². The van der Waals surface area contributed by atoms with E-state index in [0.29, 0.717) is 4.31 Å². The van der Waals surface area contributed by atoms with E-state index in [0.717, 1.165) is 5.56 Å². The molecule has 42 heavy (non-hydrogen) atoms. The predicted molar refractivity (Wildman–Crippen MR) is 157 cm³/mol. The zero-order chi connectivity index (χ0) is 30.8. The number of aliphatic hydroxyl groups excluding tert-OH is 1. The van der Waals surface area contributed by atoms with Crippen molar-refractivity contribution < 1.29 is 33.0 Å². The van der Waals surface area contributed by atoms with Crippen LogP contribution in [-0.2, 0) is 25.2 Å². The Hall–Kier alpha value is -3.55. The number of nitrogens with one attached hydrogen (secondary N) is 1. The van der Waals surface area contributed by atoms with Crippen molar-refractivity contribution in [3.63, 3.8) is 0 Å². The summed E-state index contributed by atoms with van der Waals surface area (Å²) in [5.41, 5.74) is -0.893. The molecule has 0 radical (unpaired) electrons. The molecular formula is C29H33ClN4O7S. The molecule has 1 fully saturated rings. The lowest BCUT2D eigenvalue weighted by Gasteiger charge is -2.40. The van der Waals surface area contributed by atoms with Crippen LogP contribution in [0.2, 0.25) is 5.02 Å². The molecule has 2 aromatic carbocycles. The third-order valence-electron chi connectivity index (χ3n) is 7.02. The van der Waals surface area contributed by atoms with Gasteiger partial charge in [0.2, 0.25) is 0 Å². The monoisotopic (exact) mass is 616 g/mol. The van der Waals surface area contributed by atoms with E-state index in [4.69, 9.17) is 16.3 Å². The molecule has 0 saturated carbocycles. The maximum absolute atomic E-state index is 14.8. The average Bonchev–Trinajstić information content (AvgIpc) is 3.45. The summed E-state index contributed by atoms with van der Waals surface area (Å²) in [5.74, 6) is -1.95. The number of hydrogen-bond acceptors (Lipinski definition) is 9. The van der Waals surface area contributed by atoms with E-state index < -0.39 is 39.6 Å². The third-order valence-corrected chi connectivity index (χ3v) is 8.87. The number of aliphatic carboxylic acids is 1. The Labute approximate surface area is 249 Å². The number of anilines is 1. The van der Waals surface area contributed by atoms with Crippen LogP contribution in [0.3, 0.4) is 0 Å². The second-order valence-electron chi connectivity index (χ2n) is 9.95. The Bertz CT molecular complexity index is 1590. The van der Waals surface area contributed by atoms with Gasteiger partial charge in [-0.25, -0.2) is 4.98 Å². The van der Waals surface area contributed by atoms with Crippen LogP contribution in [0.5, 0.6) is 5.75 Å². The Morgan fingerprint density at radius 1 is 1.17 bits per heavy atom. The molecular weight excluding hydrogens is 584 g/mol. The summed E-state index contributed by atoms with van der Waals surface area (Å²) >= 11 is 6.41. The SMILES string of the molecule is CCOc1ccccc1C1(N2C[C@H](O)C[C@H]2C(=O)O)C(=O)N(S(=O)(=O)c2ccc(C)cn2)c2ccc(Cl)cc21.CNC. The Morgan fingerprint density at radius 3 is 2.48 bits per heavy atom. The zero-order valence-electron chi connectivity index (χ0n) is 23.6. The molecule has 11 nitrogen and oxygen atoms in total. The lowest BCUT2D eigenvalue weighted by atomic mass is 9.81. The summed E-state index contributed by atoms with van der Waals surface area (Å²) in [6.45, 7) is 3.52. The first-order chi connectivity index (χ1) is 19.9. The molecule has 1 unspecified atom stereocenters. The summed E-state index contributed by atoms with van der Waals surface area (Å²) < 4.78 is 34.6. The second kappa shape index (κ2) is 12.4. The van der Waals surface area contributed by atoms with E-state index in [2.05, 4.69) is 10.3 Å². The third kappa shape index (κ3) is 5.25. The average molecular weight is 617 g/mol. The highest BCUT2D eigenvalue weighted by Crippen LogP contribution is 2.54. The molecule has 224 valence electrons. The Balaban J connectivity index is 0.00000129. The maximum Gasteiger partial charge on any atom is 0.321 e. The number of carboxylic acid groups (broad SMARTS) is 1. The van der Waals surface area contributed by atoms with Crippen molar-refractivity contribution in [1.29, 1.82) is 0 Å². The number of aryl methyl sites for hydroxylation is 1. The van der Waals surface area contributed by atoms with Gasteiger partial charge >= 0.3 is 5.97 Å². The van der Waals surface area contributed by atoms with Crippen molar-refractivity contribution >= 4 is 39.2 Å². The fraction of sp³-hybridized carbons (Fsp3) is 0.345. The van der Waals surface area contributed by atoms with E-state index in [1.807, 2.05) is 14.1 Å². The van der Waals surface area contributed by atoms with Gasteiger partial charge in [-0.05, 0) is 63.8 Å². The highest BCUT2D eigenvalue weighted by atomic mass is 35.5. The maximum atomic E-state index is 14.8. The standard InChI is InChI=1S/C27H26ClN3O7S.C2H7N/c1-3-38-23-7-5-4-6-19(23)27(30-15-18(32)13-22(30)25(33)34)20-12-17(28)9-10-21(20)31(26(27)35)39(36,37)24-11-8-16(2)14-29-24;1-3-2/h4-12,14,18,22,32H,3,13,15H2,1-2H3,(H,33,34);3H,1-2H3/t18-,22+,27?;/m1./s1. The number of ether oxygens (including phenoxy) is 1. The van der Waals surface area contributed by atoms with E-state index in [1.165, 1.54) is 35.4 Å². The van der Waals surface area contributed by atoms with E-state index in [-0.39, 0.29) is 52.2 Å². The zero-order valence-corrected chi connectivity index (χ0v) is 25.2. The number of fused-ring (bicyclic) bond motifs is 1. The minimum Gasteiger partial charge on any atom is -0.493 e. The summed E-state index contributed by atoms with van der Waals surface area (Å²) in [6, 6.07) is 12.4. The number of likely N-dealkylation sites (tertiary alicyclic amines) is 1. The number of amides is 1. The molecule has 1 amide bonds. The van der Waals surface area contributed by atoms with E-state index in [1.54, 1.807) is 44.2 Å². The van der Waals surface area contributed by atoms with Gasteiger partial charge in [0.05, 0.1) is 18.4 Å². The van der Waals surface area contributed by atoms with Crippen molar-refractivity contribution in [2.75, 3.05) is 31.6 Å². The molecule has 3 aromatic rings. The number of nitrogens with zero attached hydrogens (tertiary/aromatic N) is 3. The number of halogens is 1. The number of para-hydroxylation sites is 1. The molecule has 13 heteroatoms.